The number of benzene rings is 2. The number of carbonyl (C=O) groups is 2. The minimum atomic E-state index is -0.594. The topological polar surface area (TPSA) is 67.9 Å². The molecule has 0 aliphatic carbocycles. The van der Waals surface area contributed by atoms with Crippen molar-refractivity contribution in [2.24, 2.45) is 0 Å². The first-order chi connectivity index (χ1) is 15.3. The van der Waals surface area contributed by atoms with Crippen LogP contribution < -0.4 is 14.8 Å². The van der Waals surface area contributed by atoms with E-state index in [4.69, 9.17) is 9.47 Å². The molecular formula is C25H33BrN2O4. The third-order valence-corrected chi connectivity index (χ3v) is 5.82. The minimum Gasteiger partial charge on any atom is -0.497 e. The number of nitrogens with zero attached hydrogens (tertiary/aromatic N) is 1. The van der Waals surface area contributed by atoms with Crippen molar-refractivity contribution in [2.75, 3.05) is 20.3 Å². The number of carbonyl (C=O) groups excluding carboxylic acids is 2. The molecule has 1 N–H and O–H groups in total. The second kappa shape index (κ2) is 12.5. The van der Waals surface area contributed by atoms with Gasteiger partial charge in [-0.25, -0.2) is 0 Å². The van der Waals surface area contributed by atoms with Gasteiger partial charge < -0.3 is 19.7 Å². The molecule has 0 saturated heterocycles. The highest BCUT2D eigenvalue weighted by Gasteiger charge is 2.29. The number of likely N-dealkylation sites (N-methyl/N-ethyl adjacent to an activating group) is 1. The first-order valence-electron chi connectivity index (χ1n) is 10.9. The van der Waals surface area contributed by atoms with Gasteiger partial charge >= 0.3 is 0 Å². The van der Waals surface area contributed by atoms with Crippen molar-refractivity contribution < 1.29 is 19.1 Å². The van der Waals surface area contributed by atoms with Crippen molar-refractivity contribution in [1.82, 2.24) is 10.2 Å². The highest BCUT2D eigenvalue weighted by molar-refractivity contribution is 9.10. The quantitative estimate of drug-likeness (QED) is 0.472. The summed E-state index contributed by atoms with van der Waals surface area (Å²) in [5.74, 6) is 1.25. The Balaban J connectivity index is 2.23. The van der Waals surface area contributed by atoms with Gasteiger partial charge in [0.15, 0.2) is 6.61 Å². The Morgan fingerprint density at radius 2 is 1.88 bits per heavy atom. The maximum absolute atomic E-state index is 13.2. The molecule has 2 rings (SSSR count). The molecule has 0 saturated carbocycles. The summed E-state index contributed by atoms with van der Waals surface area (Å²) in [6, 6.07) is 12.8. The van der Waals surface area contributed by atoms with Gasteiger partial charge in [0, 0.05) is 13.1 Å². The molecule has 0 fully saturated rings. The lowest BCUT2D eigenvalue weighted by Crippen LogP contribution is -2.50. The average molecular weight is 505 g/mol. The van der Waals surface area contributed by atoms with Gasteiger partial charge in [0.1, 0.15) is 17.5 Å². The monoisotopic (exact) mass is 504 g/mol. The first-order valence-corrected chi connectivity index (χ1v) is 11.7. The van der Waals surface area contributed by atoms with Crippen molar-refractivity contribution in [3.8, 4) is 11.5 Å². The van der Waals surface area contributed by atoms with E-state index in [1.165, 1.54) is 5.56 Å². The maximum atomic E-state index is 13.2. The fraction of sp³-hybridized carbons (Fsp3) is 0.440. The fourth-order valence-electron chi connectivity index (χ4n) is 3.39. The van der Waals surface area contributed by atoms with E-state index in [1.807, 2.05) is 56.3 Å². The Bertz CT molecular complexity index is 917. The third kappa shape index (κ3) is 6.99. The van der Waals surface area contributed by atoms with Crippen molar-refractivity contribution in [3.05, 3.63) is 58.1 Å². The van der Waals surface area contributed by atoms with E-state index in [9.17, 15) is 9.59 Å². The molecule has 1 atom stereocenters. The van der Waals surface area contributed by atoms with Gasteiger partial charge in [-0.1, -0.05) is 39.0 Å². The van der Waals surface area contributed by atoms with Gasteiger partial charge in [-0.2, -0.15) is 0 Å². The molecule has 174 valence electrons. The molecule has 0 aliphatic heterocycles. The van der Waals surface area contributed by atoms with Gasteiger partial charge in [0.05, 0.1) is 11.6 Å². The zero-order chi connectivity index (χ0) is 23.7. The summed E-state index contributed by atoms with van der Waals surface area (Å²) < 4.78 is 11.9. The molecule has 0 radical (unpaired) electrons. The lowest BCUT2D eigenvalue weighted by atomic mass is 10.0. The van der Waals surface area contributed by atoms with Crippen LogP contribution in [0.4, 0.5) is 0 Å². The Kier molecular flexibility index (Phi) is 10.0. The molecule has 2 amide bonds. The lowest BCUT2D eigenvalue weighted by molar-refractivity contribution is -0.142. The number of hydrogen-bond donors (Lipinski definition) is 1. The van der Waals surface area contributed by atoms with E-state index in [-0.39, 0.29) is 25.0 Å². The van der Waals surface area contributed by atoms with Crippen molar-refractivity contribution in [3.63, 3.8) is 0 Å². The summed E-state index contributed by atoms with van der Waals surface area (Å²) in [6.45, 7) is 8.61. The van der Waals surface area contributed by atoms with Gasteiger partial charge in [-0.3, -0.25) is 9.59 Å². The summed E-state index contributed by atoms with van der Waals surface area (Å²) in [5.41, 5.74) is 2.06. The maximum Gasteiger partial charge on any atom is 0.261 e. The van der Waals surface area contributed by atoms with Gasteiger partial charge in [0.25, 0.3) is 5.91 Å². The molecule has 32 heavy (non-hydrogen) atoms. The lowest BCUT2D eigenvalue weighted by Gasteiger charge is -2.30. The predicted molar refractivity (Wildman–Crippen MR) is 130 cm³/mol. The van der Waals surface area contributed by atoms with Crippen LogP contribution >= 0.6 is 15.9 Å². The van der Waals surface area contributed by atoms with E-state index in [0.29, 0.717) is 30.4 Å². The standard InChI is InChI=1S/C25H33BrN2O4/c1-6-22(25(30)27-7-2)28(15-18-9-8-10-20(13-18)31-5)24(29)16-32-23-12-11-19(17(3)4)14-21(23)26/h8-14,17,22H,6-7,15-16H2,1-5H3,(H,27,30). The number of halogens is 1. The number of ether oxygens (including phenoxy) is 2. The van der Waals surface area contributed by atoms with Crippen LogP contribution in [0.15, 0.2) is 46.9 Å². The van der Waals surface area contributed by atoms with Crippen LogP contribution in [0.1, 0.15) is 51.2 Å². The molecule has 6 nitrogen and oxygen atoms in total. The van der Waals surface area contributed by atoms with E-state index < -0.39 is 6.04 Å². The largest absolute Gasteiger partial charge is 0.497 e. The van der Waals surface area contributed by atoms with E-state index in [0.717, 1.165) is 10.0 Å². The summed E-state index contributed by atoms with van der Waals surface area (Å²) in [5, 5.41) is 2.83. The number of rotatable bonds is 11. The Morgan fingerprint density at radius 3 is 2.47 bits per heavy atom. The summed E-state index contributed by atoms with van der Waals surface area (Å²) in [4.78, 5) is 27.5. The third-order valence-electron chi connectivity index (χ3n) is 5.20. The van der Waals surface area contributed by atoms with Gasteiger partial charge in [-0.15, -0.1) is 0 Å². The second-order valence-corrected chi connectivity index (χ2v) is 8.68. The number of nitrogens with one attached hydrogen (secondary N) is 1. The van der Waals surface area contributed by atoms with Crippen LogP contribution in [-0.4, -0.2) is 43.0 Å². The molecular weight excluding hydrogens is 472 g/mol. The molecule has 7 heteroatoms. The Labute approximate surface area is 199 Å². The molecule has 0 aliphatic rings. The molecule has 0 bridgehead atoms. The predicted octanol–water partition coefficient (Wildman–Crippen LogP) is 4.90. The van der Waals surface area contributed by atoms with E-state index >= 15 is 0 Å². The SMILES string of the molecule is CCNC(=O)C(CC)N(Cc1cccc(OC)c1)C(=O)COc1ccc(C(C)C)cc1Br. The Hall–Kier alpha value is -2.54. The Morgan fingerprint density at radius 1 is 1.12 bits per heavy atom. The number of methoxy groups -OCH3 is 1. The van der Waals surface area contributed by atoms with Gasteiger partial charge in [0.2, 0.25) is 5.91 Å². The van der Waals surface area contributed by atoms with Crippen LogP contribution in [0.2, 0.25) is 0 Å². The zero-order valence-corrected chi connectivity index (χ0v) is 21.1. The van der Waals surface area contributed by atoms with E-state index in [2.05, 4.69) is 35.1 Å². The first kappa shape index (κ1) is 25.7. The van der Waals surface area contributed by atoms with Crippen LogP contribution in [0.25, 0.3) is 0 Å². The normalized spacial score (nSPS) is 11.7. The second-order valence-electron chi connectivity index (χ2n) is 7.83. The van der Waals surface area contributed by atoms with Crippen molar-refractivity contribution >= 4 is 27.7 Å². The van der Waals surface area contributed by atoms with Crippen LogP contribution in [0, 0.1) is 0 Å². The summed E-state index contributed by atoms with van der Waals surface area (Å²) in [6.07, 6.45) is 0.494. The smallest absolute Gasteiger partial charge is 0.261 e. The summed E-state index contributed by atoms with van der Waals surface area (Å²) >= 11 is 3.53. The molecule has 0 aromatic heterocycles. The number of amides is 2. The molecule has 0 spiro atoms. The molecule has 1 unspecified atom stereocenters. The molecule has 0 heterocycles. The van der Waals surface area contributed by atoms with Crippen LogP contribution in [0.3, 0.4) is 0 Å². The average Bonchev–Trinajstić information content (AvgIpc) is 2.78. The van der Waals surface area contributed by atoms with Crippen LogP contribution in [0.5, 0.6) is 11.5 Å². The van der Waals surface area contributed by atoms with Crippen molar-refractivity contribution in [2.45, 2.75) is 52.6 Å². The van der Waals surface area contributed by atoms with Crippen LogP contribution in [-0.2, 0) is 16.1 Å². The molecule has 2 aromatic rings. The fourth-order valence-corrected chi connectivity index (χ4v) is 3.91. The minimum absolute atomic E-state index is 0.167. The molecule has 2 aromatic carbocycles. The van der Waals surface area contributed by atoms with Crippen molar-refractivity contribution in [1.29, 1.82) is 0 Å². The van der Waals surface area contributed by atoms with E-state index in [1.54, 1.807) is 12.0 Å². The number of hydrogen-bond acceptors (Lipinski definition) is 4. The highest BCUT2D eigenvalue weighted by atomic mass is 79.9. The summed E-state index contributed by atoms with van der Waals surface area (Å²) in [7, 11) is 1.60. The zero-order valence-electron chi connectivity index (χ0n) is 19.5. The highest BCUT2D eigenvalue weighted by Crippen LogP contribution is 2.29. The van der Waals surface area contributed by atoms with Gasteiger partial charge in [-0.05, 0) is 70.6 Å².